The Morgan fingerprint density at radius 2 is 1.62 bits per heavy atom. The third-order valence-corrected chi connectivity index (χ3v) is 11.6. The van der Waals surface area contributed by atoms with Crippen LogP contribution in [0.3, 0.4) is 0 Å². The molecule has 0 unspecified atom stereocenters. The molecule has 2 aliphatic heterocycles. The zero-order valence-electron chi connectivity index (χ0n) is 34.5. The Balaban J connectivity index is 1.75. The van der Waals surface area contributed by atoms with Crippen molar-refractivity contribution in [1.82, 2.24) is 10.2 Å². The highest BCUT2D eigenvalue weighted by atomic mass is 19.1. The standard InChI is InChI=1S/C42H64FN3O10/c1-11-33-42(8,52)36(48)28(6)44-23-24(2)22-41(7,51)37(26(4)34(47)27(5)38(49)55-33)56-39-35(54-31-19-17-29(43)18-20-31)32(21-25(3)53-39)46(10)40(50)45(9)30-15-13-12-14-16-30/h12-20,24-28,32-37,39,44,47-48,51-52H,11,21-23H2,1-10H3/t24-,25-,26+,27-,28-,32+,33-,34+,35-,36-,37-,39+,41-,42-/m1/s1. The number of ether oxygens (including phenoxy) is 4. The Morgan fingerprint density at radius 3 is 2.23 bits per heavy atom. The van der Waals surface area contributed by atoms with E-state index >= 15 is 0 Å². The fourth-order valence-corrected chi connectivity index (χ4v) is 8.16. The van der Waals surface area contributed by atoms with Crippen LogP contribution in [-0.2, 0) is 19.0 Å². The number of esters is 1. The van der Waals surface area contributed by atoms with Crippen LogP contribution in [0, 0.1) is 23.6 Å². The van der Waals surface area contributed by atoms with Crippen molar-refractivity contribution in [2.24, 2.45) is 17.8 Å². The molecule has 0 spiro atoms. The predicted molar refractivity (Wildman–Crippen MR) is 209 cm³/mol. The normalized spacial score (nSPS) is 37.7. The summed E-state index contributed by atoms with van der Waals surface area (Å²) in [6, 6.07) is 13.0. The maximum absolute atomic E-state index is 14.0. The van der Waals surface area contributed by atoms with Crippen molar-refractivity contribution in [2.45, 2.75) is 141 Å². The summed E-state index contributed by atoms with van der Waals surface area (Å²) in [5, 5.41) is 50.1. The quantitative estimate of drug-likeness (QED) is 0.251. The van der Waals surface area contributed by atoms with E-state index in [0.717, 1.165) is 0 Å². The van der Waals surface area contributed by atoms with E-state index < -0.39 is 89.8 Å². The molecule has 0 radical (unpaired) electrons. The molecule has 2 amide bonds. The number of rotatable bonds is 7. The van der Waals surface area contributed by atoms with Gasteiger partial charge >= 0.3 is 12.0 Å². The Kier molecular flexibility index (Phi) is 15.3. The number of amides is 2. The van der Waals surface area contributed by atoms with E-state index in [1.165, 1.54) is 43.0 Å². The van der Waals surface area contributed by atoms with Gasteiger partial charge in [0.1, 0.15) is 29.4 Å². The second-order valence-electron chi connectivity index (χ2n) is 16.5. The first kappa shape index (κ1) is 45.3. The lowest BCUT2D eigenvalue weighted by atomic mass is 9.78. The first-order valence-corrected chi connectivity index (χ1v) is 19.7. The minimum absolute atomic E-state index is 0.146. The van der Waals surface area contributed by atoms with E-state index in [4.69, 9.17) is 18.9 Å². The first-order chi connectivity index (χ1) is 26.2. The van der Waals surface area contributed by atoms with Crippen LogP contribution in [0.2, 0.25) is 0 Å². The summed E-state index contributed by atoms with van der Waals surface area (Å²) in [5.41, 5.74) is -2.79. The number of carbonyl (C=O) groups excluding carboxylic acids is 2. The lowest BCUT2D eigenvalue weighted by molar-refractivity contribution is -0.293. The van der Waals surface area contributed by atoms with E-state index in [-0.39, 0.29) is 24.8 Å². The fraction of sp³-hybridized carbons (Fsp3) is 0.667. The number of hydrogen-bond donors (Lipinski definition) is 5. The molecule has 0 bridgehead atoms. The molecule has 0 aliphatic carbocycles. The average molecular weight is 790 g/mol. The molecule has 2 aromatic carbocycles. The third kappa shape index (κ3) is 10.6. The Labute approximate surface area is 331 Å². The molecule has 2 aromatic rings. The summed E-state index contributed by atoms with van der Waals surface area (Å²) < 4.78 is 39.5. The van der Waals surface area contributed by atoms with Gasteiger partial charge in [-0.25, -0.2) is 9.18 Å². The van der Waals surface area contributed by atoms with Crippen molar-refractivity contribution in [3.8, 4) is 5.75 Å². The summed E-state index contributed by atoms with van der Waals surface area (Å²) >= 11 is 0. The molecule has 2 fully saturated rings. The number of halogens is 1. The summed E-state index contributed by atoms with van der Waals surface area (Å²) in [5.74, 6) is -3.25. The predicted octanol–water partition coefficient (Wildman–Crippen LogP) is 4.49. The second kappa shape index (κ2) is 18.9. The van der Waals surface area contributed by atoms with Gasteiger partial charge in [0, 0.05) is 31.7 Å². The molecule has 314 valence electrons. The molecule has 2 aliphatic rings. The summed E-state index contributed by atoms with van der Waals surface area (Å²) in [6.45, 7) is 13.7. The van der Waals surface area contributed by atoms with Gasteiger partial charge in [0.05, 0.1) is 35.9 Å². The number of likely N-dealkylation sites (N-methyl/N-ethyl adjacent to an activating group) is 1. The molecule has 0 aromatic heterocycles. The number of nitrogens with one attached hydrogen (secondary N) is 1. The number of hydrogen-bond acceptors (Lipinski definition) is 11. The largest absolute Gasteiger partial charge is 0.483 e. The number of urea groups is 1. The number of benzene rings is 2. The van der Waals surface area contributed by atoms with Gasteiger partial charge in [-0.15, -0.1) is 0 Å². The molecule has 13 nitrogen and oxygen atoms in total. The number of cyclic esters (lactones) is 1. The summed E-state index contributed by atoms with van der Waals surface area (Å²) in [6.07, 6.45) is -7.03. The number of carbonyl (C=O) groups is 2. The van der Waals surface area contributed by atoms with E-state index in [2.05, 4.69) is 5.32 Å². The molecule has 2 heterocycles. The Bertz CT molecular complexity index is 1570. The molecule has 5 N–H and O–H groups in total. The number of anilines is 1. The van der Waals surface area contributed by atoms with Gasteiger partial charge in [-0.2, -0.15) is 0 Å². The van der Waals surface area contributed by atoms with Gasteiger partial charge < -0.3 is 49.6 Å². The van der Waals surface area contributed by atoms with Crippen LogP contribution in [0.5, 0.6) is 5.75 Å². The Morgan fingerprint density at radius 1 is 1.00 bits per heavy atom. The van der Waals surface area contributed by atoms with E-state index in [9.17, 15) is 34.4 Å². The monoisotopic (exact) mass is 789 g/mol. The smallest absolute Gasteiger partial charge is 0.324 e. The third-order valence-electron chi connectivity index (χ3n) is 11.6. The van der Waals surface area contributed by atoms with Gasteiger partial charge in [-0.1, -0.05) is 39.0 Å². The summed E-state index contributed by atoms with van der Waals surface area (Å²) in [4.78, 5) is 30.7. The Hall–Kier alpha value is -3.37. The van der Waals surface area contributed by atoms with Crippen LogP contribution in [0.4, 0.5) is 14.9 Å². The highest BCUT2D eigenvalue weighted by Crippen LogP contribution is 2.37. The van der Waals surface area contributed by atoms with Crippen molar-refractivity contribution in [2.75, 3.05) is 25.5 Å². The molecule has 4 rings (SSSR count). The van der Waals surface area contributed by atoms with Gasteiger partial charge in [0.2, 0.25) is 0 Å². The average Bonchev–Trinajstić information content (AvgIpc) is 3.16. The maximum atomic E-state index is 14.0. The molecule has 2 saturated heterocycles. The lowest BCUT2D eigenvalue weighted by Gasteiger charge is -2.48. The fourth-order valence-electron chi connectivity index (χ4n) is 8.16. The van der Waals surface area contributed by atoms with Crippen molar-refractivity contribution in [3.63, 3.8) is 0 Å². The molecule has 0 saturated carbocycles. The minimum Gasteiger partial charge on any atom is -0.483 e. The molecular weight excluding hydrogens is 725 g/mol. The van der Waals surface area contributed by atoms with Gasteiger partial charge in [-0.05, 0) is 103 Å². The maximum Gasteiger partial charge on any atom is 0.324 e. The number of nitrogens with zero attached hydrogens (tertiary/aromatic N) is 2. The number of aliphatic hydroxyl groups is 4. The molecular formula is C42H64FN3O10. The lowest BCUT2D eigenvalue weighted by Crippen LogP contribution is -2.62. The van der Waals surface area contributed by atoms with Crippen molar-refractivity contribution < 1.29 is 53.4 Å². The summed E-state index contributed by atoms with van der Waals surface area (Å²) in [7, 11) is 3.33. The van der Waals surface area contributed by atoms with Crippen molar-refractivity contribution in [1.29, 1.82) is 0 Å². The molecule has 14 heteroatoms. The zero-order valence-corrected chi connectivity index (χ0v) is 34.5. The highest BCUT2D eigenvalue weighted by Gasteiger charge is 2.51. The molecule has 14 atom stereocenters. The van der Waals surface area contributed by atoms with Crippen LogP contribution in [-0.4, -0.2) is 124 Å². The van der Waals surface area contributed by atoms with Crippen LogP contribution in [0.25, 0.3) is 0 Å². The van der Waals surface area contributed by atoms with Crippen LogP contribution >= 0.6 is 0 Å². The van der Waals surface area contributed by atoms with Gasteiger partial charge in [-0.3, -0.25) is 9.69 Å². The molecule has 56 heavy (non-hydrogen) atoms. The highest BCUT2D eigenvalue weighted by molar-refractivity contribution is 5.91. The minimum atomic E-state index is -1.82. The van der Waals surface area contributed by atoms with Crippen LogP contribution in [0.15, 0.2) is 54.6 Å². The topological polar surface area (TPSA) is 170 Å². The van der Waals surface area contributed by atoms with Crippen LogP contribution < -0.4 is 15.0 Å². The first-order valence-electron chi connectivity index (χ1n) is 19.7. The van der Waals surface area contributed by atoms with Crippen molar-refractivity contribution in [3.05, 3.63) is 60.4 Å². The van der Waals surface area contributed by atoms with Gasteiger partial charge in [0.25, 0.3) is 0 Å². The van der Waals surface area contributed by atoms with Crippen molar-refractivity contribution >= 4 is 17.7 Å². The van der Waals surface area contributed by atoms with Gasteiger partial charge in [0.15, 0.2) is 12.4 Å². The van der Waals surface area contributed by atoms with Crippen LogP contribution in [0.1, 0.15) is 74.7 Å². The second-order valence-corrected chi connectivity index (χ2v) is 16.5. The van der Waals surface area contributed by atoms with E-state index in [1.807, 2.05) is 44.2 Å². The number of aliphatic hydroxyl groups excluding tert-OH is 2. The van der Waals surface area contributed by atoms with E-state index in [1.54, 1.807) is 46.7 Å². The zero-order chi connectivity index (χ0) is 41.7. The number of para-hydroxylation sites is 1. The van der Waals surface area contributed by atoms with E-state index in [0.29, 0.717) is 24.4 Å². The SMILES string of the molecule is CC[C@H]1OC(=O)[C@H](C)[C@@H](O)[C@H](C)[C@@H](O[C@@H]2O[C@H](C)C[C@H](N(C)C(=O)N(C)c3ccccc3)[C@H]2Oc2ccc(F)cc2)[C@](C)(O)C[C@@H](C)CN[C@H](C)[C@@H](O)[C@]1(C)O.